The molecule has 0 atom stereocenters. The number of terminal acetylenes is 1. The second kappa shape index (κ2) is 6.32. The van der Waals surface area contributed by atoms with Crippen molar-refractivity contribution in [1.82, 2.24) is 0 Å². The maximum absolute atomic E-state index is 13.0. The summed E-state index contributed by atoms with van der Waals surface area (Å²) in [6.45, 7) is 5.09. The van der Waals surface area contributed by atoms with Crippen molar-refractivity contribution in [2.45, 2.75) is 20.4 Å². The first kappa shape index (κ1) is 14.9. The van der Waals surface area contributed by atoms with Crippen LogP contribution in [-0.4, -0.2) is 6.54 Å². The van der Waals surface area contributed by atoms with Gasteiger partial charge in [-0.25, -0.2) is 4.39 Å². The molecule has 0 saturated heterocycles. The molecular formula is C18H19FN2. The molecule has 108 valence electrons. The highest BCUT2D eigenvalue weighted by Gasteiger charge is 2.09. The van der Waals surface area contributed by atoms with Gasteiger partial charge in [-0.2, -0.15) is 0 Å². The summed E-state index contributed by atoms with van der Waals surface area (Å²) in [7, 11) is 0. The molecule has 0 aliphatic heterocycles. The van der Waals surface area contributed by atoms with Gasteiger partial charge in [-0.15, -0.1) is 6.42 Å². The van der Waals surface area contributed by atoms with Crippen LogP contribution in [0.25, 0.3) is 0 Å². The quantitative estimate of drug-likeness (QED) is 0.685. The molecule has 2 nitrogen and oxygen atoms in total. The monoisotopic (exact) mass is 282 g/mol. The lowest BCUT2D eigenvalue weighted by Crippen LogP contribution is -2.23. The number of nitrogens with zero attached hydrogens (tertiary/aromatic N) is 1. The van der Waals surface area contributed by atoms with Crippen molar-refractivity contribution < 1.29 is 4.39 Å². The normalized spacial score (nSPS) is 10.2. The molecule has 0 aliphatic rings. The molecule has 0 unspecified atom stereocenters. The summed E-state index contributed by atoms with van der Waals surface area (Å²) in [5, 5.41) is 0. The fourth-order valence-corrected chi connectivity index (χ4v) is 2.29. The minimum absolute atomic E-state index is 0.235. The van der Waals surface area contributed by atoms with Gasteiger partial charge >= 0.3 is 0 Å². The molecule has 0 radical (unpaired) electrons. The molecule has 0 bridgehead atoms. The lowest BCUT2D eigenvalue weighted by Gasteiger charge is -2.24. The molecule has 0 aromatic heterocycles. The number of hydrogen-bond acceptors (Lipinski definition) is 2. The number of halogens is 1. The Morgan fingerprint density at radius 2 is 1.71 bits per heavy atom. The van der Waals surface area contributed by atoms with Gasteiger partial charge < -0.3 is 10.6 Å². The Labute approximate surface area is 125 Å². The zero-order valence-electron chi connectivity index (χ0n) is 12.4. The molecule has 0 amide bonds. The molecule has 0 saturated carbocycles. The molecule has 2 aromatic rings. The number of hydrogen-bond donors (Lipinski definition) is 1. The van der Waals surface area contributed by atoms with Crippen molar-refractivity contribution in [2.75, 3.05) is 17.2 Å². The zero-order chi connectivity index (χ0) is 15.4. The Hall–Kier alpha value is -2.47. The largest absolute Gasteiger partial charge is 0.398 e. The van der Waals surface area contributed by atoms with Gasteiger partial charge in [0, 0.05) is 17.9 Å². The van der Waals surface area contributed by atoms with E-state index in [0.29, 0.717) is 13.1 Å². The fourth-order valence-electron chi connectivity index (χ4n) is 2.29. The van der Waals surface area contributed by atoms with Crippen LogP contribution in [0.3, 0.4) is 0 Å². The molecule has 0 spiro atoms. The average molecular weight is 282 g/mol. The third-order valence-corrected chi connectivity index (χ3v) is 3.51. The van der Waals surface area contributed by atoms with Crippen molar-refractivity contribution in [3.8, 4) is 12.3 Å². The molecule has 2 rings (SSSR count). The van der Waals surface area contributed by atoms with Crippen LogP contribution >= 0.6 is 0 Å². The smallest absolute Gasteiger partial charge is 0.123 e. The molecule has 2 N–H and O–H groups in total. The van der Waals surface area contributed by atoms with Crippen LogP contribution in [0.4, 0.5) is 15.8 Å². The van der Waals surface area contributed by atoms with Crippen LogP contribution in [0, 0.1) is 32.0 Å². The van der Waals surface area contributed by atoms with Crippen LogP contribution in [-0.2, 0) is 6.54 Å². The Morgan fingerprint density at radius 1 is 1.14 bits per heavy atom. The van der Waals surface area contributed by atoms with Gasteiger partial charge in [0.1, 0.15) is 5.82 Å². The number of nitrogen functional groups attached to an aromatic ring is 1. The molecule has 2 aromatic carbocycles. The van der Waals surface area contributed by atoms with Crippen LogP contribution in [0.1, 0.15) is 16.7 Å². The Balaban J connectivity index is 2.31. The van der Waals surface area contributed by atoms with E-state index in [9.17, 15) is 4.39 Å². The number of benzene rings is 2. The summed E-state index contributed by atoms with van der Waals surface area (Å²) in [6.07, 6.45) is 5.47. The highest BCUT2D eigenvalue weighted by Crippen LogP contribution is 2.25. The third-order valence-electron chi connectivity index (χ3n) is 3.51. The van der Waals surface area contributed by atoms with E-state index in [-0.39, 0.29) is 5.82 Å². The molecule has 21 heavy (non-hydrogen) atoms. The van der Waals surface area contributed by atoms with Gasteiger partial charge in [0.05, 0.1) is 6.54 Å². The number of aryl methyl sites for hydroxylation is 2. The predicted molar refractivity (Wildman–Crippen MR) is 86.6 cm³/mol. The standard InChI is InChI=1S/C18H19FN2/c1-4-9-21(12-15-5-7-16(19)8-6-15)17-10-13(2)18(20)14(3)11-17/h1,5-8,10-11H,9,12,20H2,2-3H3. The molecule has 3 heteroatoms. The van der Waals surface area contributed by atoms with E-state index in [0.717, 1.165) is 28.1 Å². The van der Waals surface area contributed by atoms with Gasteiger partial charge in [0.15, 0.2) is 0 Å². The summed E-state index contributed by atoms with van der Waals surface area (Å²) in [5.41, 5.74) is 10.9. The minimum atomic E-state index is -0.235. The van der Waals surface area contributed by atoms with E-state index < -0.39 is 0 Å². The van der Waals surface area contributed by atoms with Gasteiger partial charge in [-0.3, -0.25) is 0 Å². The van der Waals surface area contributed by atoms with Gasteiger partial charge in [-0.1, -0.05) is 18.1 Å². The first-order valence-corrected chi connectivity index (χ1v) is 6.81. The lowest BCUT2D eigenvalue weighted by molar-refractivity contribution is 0.627. The maximum atomic E-state index is 13.0. The fraction of sp³-hybridized carbons (Fsp3) is 0.222. The summed E-state index contributed by atoms with van der Waals surface area (Å²) >= 11 is 0. The molecular weight excluding hydrogens is 263 g/mol. The van der Waals surface area contributed by atoms with Crippen LogP contribution in [0.15, 0.2) is 36.4 Å². The van der Waals surface area contributed by atoms with Gasteiger partial charge in [-0.05, 0) is 54.8 Å². The topological polar surface area (TPSA) is 29.3 Å². The van der Waals surface area contributed by atoms with Gasteiger partial charge in [0.25, 0.3) is 0 Å². The Kier molecular flexibility index (Phi) is 4.49. The van der Waals surface area contributed by atoms with E-state index in [1.165, 1.54) is 12.1 Å². The van der Waals surface area contributed by atoms with E-state index in [1.54, 1.807) is 12.1 Å². The lowest BCUT2D eigenvalue weighted by atomic mass is 10.1. The Morgan fingerprint density at radius 3 is 2.24 bits per heavy atom. The highest BCUT2D eigenvalue weighted by molar-refractivity contribution is 5.63. The zero-order valence-corrected chi connectivity index (χ0v) is 12.4. The first-order chi connectivity index (χ1) is 10.0. The second-order valence-electron chi connectivity index (χ2n) is 5.18. The average Bonchev–Trinajstić information content (AvgIpc) is 2.46. The Bertz CT molecular complexity index is 646. The SMILES string of the molecule is C#CCN(Cc1ccc(F)cc1)c1cc(C)c(N)c(C)c1. The summed E-state index contributed by atoms with van der Waals surface area (Å²) < 4.78 is 13.0. The summed E-state index contributed by atoms with van der Waals surface area (Å²) in [6, 6.07) is 10.5. The van der Waals surface area contributed by atoms with Crippen molar-refractivity contribution >= 4 is 11.4 Å². The van der Waals surface area contributed by atoms with Crippen molar-refractivity contribution in [2.24, 2.45) is 0 Å². The molecule has 0 heterocycles. The van der Waals surface area contributed by atoms with Crippen molar-refractivity contribution in [1.29, 1.82) is 0 Å². The van der Waals surface area contributed by atoms with E-state index >= 15 is 0 Å². The molecule has 0 fully saturated rings. The van der Waals surface area contributed by atoms with Crippen LogP contribution in [0.5, 0.6) is 0 Å². The maximum Gasteiger partial charge on any atom is 0.123 e. The van der Waals surface area contributed by atoms with E-state index in [2.05, 4.69) is 10.8 Å². The third kappa shape index (κ3) is 3.55. The number of nitrogens with two attached hydrogens (primary N) is 1. The van der Waals surface area contributed by atoms with Crippen LogP contribution in [0.2, 0.25) is 0 Å². The van der Waals surface area contributed by atoms with E-state index in [4.69, 9.17) is 12.2 Å². The van der Waals surface area contributed by atoms with Crippen molar-refractivity contribution in [3.63, 3.8) is 0 Å². The highest BCUT2D eigenvalue weighted by atomic mass is 19.1. The summed E-state index contributed by atoms with van der Waals surface area (Å²) in [4.78, 5) is 2.08. The predicted octanol–water partition coefficient (Wildman–Crippen LogP) is 3.66. The van der Waals surface area contributed by atoms with E-state index in [1.807, 2.05) is 26.0 Å². The second-order valence-corrected chi connectivity index (χ2v) is 5.18. The number of rotatable bonds is 4. The van der Waals surface area contributed by atoms with Crippen molar-refractivity contribution in [3.05, 3.63) is 58.9 Å². The number of anilines is 2. The first-order valence-electron chi connectivity index (χ1n) is 6.81. The van der Waals surface area contributed by atoms with Gasteiger partial charge in [0.2, 0.25) is 0 Å². The minimum Gasteiger partial charge on any atom is -0.398 e. The van der Waals surface area contributed by atoms with Crippen LogP contribution < -0.4 is 10.6 Å². The summed E-state index contributed by atoms with van der Waals surface area (Å²) in [5.74, 6) is 2.44. The molecule has 0 aliphatic carbocycles.